The Hall–Kier alpha value is -3.14. The second-order valence-corrected chi connectivity index (χ2v) is 10.0. The van der Waals surface area contributed by atoms with Crippen LogP contribution in [0.2, 0.25) is 5.02 Å². The zero-order valence-corrected chi connectivity index (χ0v) is 20.5. The number of imidazole rings is 1. The van der Waals surface area contributed by atoms with Crippen LogP contribution in [0.1, 0.15) is 17.7 Å². The van der Waals surface area contributed by atoms with Crippen molar-refractivity contribution in [3.05, 3.63) is 93.9 Å². The number of thiazole rings is 1. The number of rotatable bonds is 9. The predicted octanol–water partition coefficient (Wildman–Crippen LogP) is 5.43. The fourth-order valence-corrected chi connectivity index (χ4v) is 5.35. The minimum Gasteiger partial charge on any atom is -0.337 e. The summed E-state index contributed by atoms with van der Waals surface area (Å²) < 4.78 is 4.57. The number of aromatic nitrogens is 5. The van der Waals surface area contributed by atoms with Crippen molar-refractivity contribution in [2.24, 2.45) is 4.99 Å². The molecule has 3 heterocycles. The van der Waals surface area contributed by atoms with E-state index < -0.39 is 0 Å². The Morgan fingerprint density at radius 2 is 2.03 bits per heavy atom. The highest BCUT2D eigenvalue weighted by atomic mass is 35.5. The number of thioether (sulfide) groups is 1. The minimum absolute atomic E-state index is 0.149. The quantitative estimate of drug-likeness (QED) is 0.163. The summed E-state index contributed by atoms with van der Waals surface area (Å²) in [7, 11) is 0. The lowest BCUT2D eigenvalue weighted by atomic mass is 10.3. The Morgan fingerprint density at radius 1 is 1.18 bits per heavy atom. The topological polar surface area (TPSA) is 80.9 Å². The van der Waals surface area contributed by atoms with Gasteiger partial charge in [0.1, 0.15) is 0 Å². The van der Waals surface area contributed by atoms with Gasteiger partial charge >= 0.3 is 0 Å². The third-order valence-corrected chi connectivity index (χ3v) is 7.47. The third kappa shape index (κ3) is 5.16. The molecule has 0 bridgehead atoms. The van der Waals surface area contributed by atoms with E-state index in [4.69, 9.17) is 11.6 Å². The fourth-order valence-electron chi connectivity index (χ4n) is 3.43. The van der Waals surface area contributed by atoms with Crippen LogP contribution < -0.4 is 5.56 Å². The van der Waals surface area contributed by atoms with Crippen molar-refractivity contribution in [3.8, 4) is 5.13 Å². The maximum Gasteiger partial charge on any atom is 0.282 e. The lowest BCUT2D eigenvalue weighted by Gasteiger charge is -2.02. The summed E-state index contributed by atoms with van der Waals surface area (Å²) in [5.41, 5.74) is 2.09. The second-order valence-electron chi connectivity index (χ2n) is 7.54. The number of aliphatic imine (C=N–C) groups is 1. The molecule has 0 atom stereocenters. The largest absolute Gasteiger partial charge is 0.337 e. The van der Waals surface area contributed by atoms with Gasteiger partial charge in [-0.2, -0.15) is 4.68 Å². The van der Waals surface area contributed by atoms with Crippen molar-refractivity contribution in [1.29, 1.82) is 0 Å². The molecule has 5 aromatic rings. The zero-order chi connectivity index (χ0) is 23.3. The monoisotopic (exact) mass is 508 g/mol. The summed E-state index contributed by atoms with van der Waals surface area (Å²) in [6.45, 7) is 1.45. The number of halogens is 1. The highest BCUT2D eigenvalue weighted by Gasteiger charge is 2.17. The summed E-state index contributed by atoms with van der Waals surface area (Å²) in [4.78, 5) is 27.6. The number of aryl methyl sites for hydroxylation is 1. The molecule has 7 nitrogen and oxygen atoms in total. The summed E-state index contributed by atoms with van der Waals surface area (Å²) in [6, 6.07) is 15.5. The summed E-state index contributed by atoms with van der Waals surface area (Å²) >= 11 is 9.12. The molecular weight excluding hydrogens is 488 g/mol. The maximum atomic E-state index is 13.3. The highest BCUT2D eigenvalue weighted by molar-refractivity contribution is 7.98. The molecule has 0 amide bonds. The summed E-state index contributed by atoms with van der Waals surface area (Å²) in [5.74, 6) is 0.588. The number of hydrogen-bond acceptors (Lipinski definition) is 6. The number of nitrogens with zero attached hydrogens (tertiary/aromatic N) is 5. The van der Waals surface area contributed by atoms with Crippen LogP contribution >= 0.6 is 34.7 Å². The molecule has 5 rings (SSSR count). The number of aromatic amines is 1. The smallest absolute Gasteiger partial charge is 0.282 e. The van der Waals surface area contributed by atoms with Crippen molar-refractivity contribution in [2.75, 3.05) is 6.54 Å². The number of H-pyrrole nitrogens is 1. The minimum atomic E-state index is -0.149. The number of hydrogen-bond donors (Lipinski definition) is 1. The van der Waals surface area contributed by atoms with E-state index in [1.165, 1.54) is 16.0 Å². The van der Waals surface area contributed by atoms with Gasteiger partial charge in [0.25, 0.3) is 5.56 Å². The molecule has 0 saturated carbocycles. The highest BCUT2D eigenvalue weighted by Crippen LogP contribution is 2.26. The van der Waals surface area contributed by atoms with Crippen molar-refractivity contribution in [3.63, 3.8) is 0 Å². The first-order valence-electron chi connectivity index (χ1n) is 10.7. The van der Waals surface area contributed by atoms with Crippen LogP contribution in [-0.2, 0) is 12.3 Å². The van der Waals surface area contributed by atoms with E-state index in [1.54, 1.807) is 30.5 Å². The summed E-state index contributed by atoms with van der Waals surface area (Å²) in [6.07, 6.45) is 8.03. The molecule has 0 spiro atoms. The van der Waals surface area contributed by atoms with Gasteiger partial charge in [-0.15, -0.1) is 11.8 Å². The van der Waals surface area contributed by atoms with Gasteiger partial charge in [-0.05, 0) is 42.8 Å². The van der Waals surface area contributed by atoms with Crippen molar-refractivity contribution < 1.29 is 0 Å². The fraction of sp³-hybridized carbons (Fsp3) is 0.167. The standard InChI is InChI=1S/C24H21ClN6OS2/c25-17-6-8-18(9-7-17)33-15-21-19(14-26-10-3-12-30-13-11-27-16-30)23(32)31(29-21)24-28-20-4-1-2-5-22(20)34-24/h1-2,4-9,11,13-14,16,29H,3,10,12,15H2. The molecule has 0 radical (unpaired) electrons. The van der Waals surface area contributed by atoms with Gasteiger partial charge in [0.05, 0.1) is 27.8 Å². The lowest BCUT2D eigenvalue weighted by molar-refractivity contribution is 0.651. The molecule has 172 valence electrons. The van der Waals surface area contributed by atoms with Crippen LogP contribution in [-0.4, -0.2) is 37.1 Å². The molecule has 3 aromatic heterocycles. The van der Waals surface area contributed by atoms with E-state index in [2.05, 4.69) is 20.1 Å². The maximum absolute atomic E-state index is 13.3. The lowest BCUT2D eigenvalue weighted by Crippen LogP contribution is -2.17. The van der Waals surface area contributed by atoms with Gasteiger partial charge in [0.2, 0.25) is 5.13 Å². The van der Waals surface area contributed by atoms with Gasteiger partial charge in [-0.1, -0.05) is 35.1 Å². The molecule has 10 heteroatoms. The molecular formula is C24H21ClN6OS2. The molecule has 34 heavy (non-hydrogen) atoms. The van der Waals surface area contributed by atoms with Gasteiger partial charge in [-0.3, -0.25) is 14.9 Å². The van der Waals surface area contributed by atoms with Crippen LogP contribution in [0.5, 0.6) is 0 Å². The molecule has 2 aromatic carbocycles. The van der Waals surface area contributed by atoms with Gasteiger partial charge in [0.15, 0.2) is 0 Å². The average Bonchev–Trinajstić information content (AvgIpc) is 3.58. The Bertz CT molecular complexity index is 1430. The first-order valence-corrected chi connectivity index (χ1v) is 12.9. The van der Waals surface area contributed by atoms with Gasteiger partial charge in [-0.25, -0.2) is 9.97 Å². The van der Waals surface area contributed by atoms with E-state index >= 15 is 0 Å². The Balaban J connectivity index is 1.40. The predicted molar refractivity (Wildman–Crippen MR) is 140 cm³/mol. The number of benzene rings is 2. The van der Waals surface area contributed by atoms with Crippen LogP contribution in [0.25, 0.3) is 15.3 Å². The van der Waals surface area contributed by atoms with Gasteiger partial charge < -0.3 is 4.57 Å². The van der Waals surface area contributed by atoms with E-state index in [0.29, 0.717) is 28.0 Å². The Morgan fingerprint density at radius 3 is 2.82 bits per heavy atom. The third-order valence-electron chi connectivity index (χ3n) is 5.16. The molecule has 0 aliphatic carbocycles. The van der Waals surface area contributed by atoms with Crippen LogP contribution in [0, 0.1) is 0 Å². The molecule has 0 unspecified atom stereocenters. The van der Waals surface area contributed by atoms with Crippen LogP contribution in [0.15, 0.2) is 81.9 Å². The van der Waals surface area contributed by atoms with E-state index in [0.717, 1.165) is 33.8 Å². The second kappa shape index (κ2) is 10.4. The van der Waals surface area contributed by atoms with Gasteiger partial charge in [0, 0.05) is 47.4 Å². The molecule has 0 aliphatic heterocycles. The number of para-hydroxylation sites is 1. The first-order chi connectivity index (χ1) is 16.7. The molecule has 0 aliphatic rings. The molecule has 0 fully saturated rings. The van der Waals surface area contributed by atoms with E-state index in [9.17, 15) is 4.79 Å². The molecule has 1 N–H and O–H groups in total. The van der Waals surface area contributed by atoms with Crippen molar-refractivity contribution in [1.82, 2.24) is 24.3 Å². The number of fused-ring (bicyclic) bond motifs is 1. The summed E-state index contributed by atoms with van der Waals surface area (Å²) in [5, 5.41) is 4.59. The van der Waals surface area contributed by atoms with Crippen molar-refractivity contribution in [2.45, 2.75) is 23.6 Å². The van der Waals surface area contributed by atoms with E-state index in [1.807, 2.05) is 59.3 Å². The normalized spacial score (nSPS) is 11.7. The SMILES string of the molecule is O=c1c(C=NCCCn2ccnc2)c(CSc2ccc(Cl)cc2)[nH]n1-c1nc2ccccc2s1. The average molecular weight is 509 g/mol. The Labute approximate surface area is 209 Å². The first kappa shape index (κ1) is 22.6. The Kier molecular flexibility index (Phi) is 6.94. The zero-order valence-electron chi connectivity index (χ0n) is 18.1. The molecule has 0 saturated heterocycles. The van der Waals surface area contributed by atoms with Crippen LogP contribution in [0.3, 0.4) is 0 Å². The number of nitrogens with one attached hydrogen (secondary N) is 1. The van der Waals surface area contributed by atoms with Crippen molar-refractivity contribution >= 4 is 51.1 Å². The van der Waals surface area contributed by atoms with Crippen LogP contribution in [0.4, 0.5) is 0 Å². The van der Waals surface area contributed by atoms with E-state index in [-0.39, 0.29) is 5.56 Å².